The van der Waals surface area contributed by atoms with Crippen LogP contribution < -0.4 is 5.73 Å². The highest BCUT2D eigenvalue weighted by Crippen LogP contribution is 2.24. The molecule has 100 valence electrons. The fourth-order valence-electron chi connectivity index (χ4n) is 1.54. The van der Waals surface area contributed by atoms with E-state index in [4.69, 9.17) is 5.73 Å². The number of anilines is 1. The molecule has 0 bridgehead atoms. The van der Waals surface area contributed by atoms with Gasteiger partial charge in [0, 0.05) is 11.0 Å². The smallest absolute Gasteiger partial charge is 0.339 e. The largest absolute Gasteiger partial charge is 0.465 e. The zero-order chi connectivity index (χ0) is 13.7. The molecule has 0 aliphatic carbocycles. The van der Waals surface area contributed by atoms with Crippen LogP contribution in [0.1, 0.15) is 28.4 Å². The molecule has 2 atom stereocenters. The molecule has 5 nitrogen and oxygen atoms in total. The van der Waals surface area contributed by atoms with Gasteiger partial charge >= 0.3 is 5.97 Å². The van der Waals surface area contributed by atoms with Gasteiger partial charge in [-0.1, -0.05) is 22.0 Å². The average molecular weight is 318 g/mol. The summed E-state index contributed by atoms with van der Waals surface area (Å²) in [4.78, 5) is 11.5. The van der Waals surface area contributed by atoms with Gasteiger partial charge in [-0.25, -0.2) is 4.79 Å². The maximum absolute atomic E-state index is 11.5. The van der Waals surface area contributed by atoms with Gasteiger partial charge < -0.3 is 20.7 Å². The number of hydrogen-bond donors (Lipinski definition) is 3. The molecule has 4 N–H and O–H groups in total. The Bertz CT molecular complexity index is 425. The number of nitrogen functional groups attached to an aromatic ring is 1. The minimum atomic E-state index is -1.06. The molecule has 1 aromatic rings. The molecule has 0 saturated heterocycles. The highest BCUT2D eigenvalue weighted by molar-refractivity contribution is 9.09. The number of carbonyl (C=O) groups excluding carboxylic acids is 1. The lowest BCUT2D eigenvalue weighted by atomic mass is 9.99. The van der Waals surface area contributed by atoms with Crippen molar-refractivity contribution in [2.45, 2.75) is 18.6 Å². The molecule has 0 saturated carbocycles. The monoisotopic (exact) mass is 317 g/mol. The molecule has 0 amide bonds. The first-order valence-corrected chi connectivity index (χ1v) is 6.53. The van der Waals surface area contributed by atoms with Crippen LogP contribution in [0, 0.1) is 0 Å². The number of rotatable bonds is 5. The molecule has 1 rings (SSSR count). The number of methoxy groups -OCH3 is 1. The number of ether oxygens (including phenoxy) is 1. The standard InChI is InChI=1S/C12H16BrNO4/c1-18-12(17)8-6-7(2-3-9(8)14)11(16)10(15)4-5-13/h2-3,6,10-11,15-16H,4-5,14H2,1H3. The molecule has 0 fully saturated rings. The van der Waals surface area contributed by atoms with E-state index in [1.807, 2.05) is 0 Å². The van der Waals surface area contributed by atoms with Crippen molar-refractivity contribution in [1.82, 2.24) is 0 Å². The lowest BCUT2D eigenvalue weighted by molar-refractivity contribution is 0.0173. The second-order valence-corrected chi connectivity index (χ2v) is 4.62. The number of alkyl halides is 1. The molecule has 2 unspecified atom stereocenters. The number of esters is 1. The summed E-state index contributed by atoms with van der Waals surface area (Å²) >= 11 is 3.19. The summed E-state index contributed by atoms with van der Waals surface area (Å²) in [5.41, 5.74) is 6.53. The Balaban J connectivity index is 3.00. The normalized spacial score (nSPS) is 14.0. The highest BCUT2D eigenvalue weighted by Gasteiger charge is 2.20. The summed E-state index contributed by atoms with van der Waals surface area (Å²) in [6.45, 7) is 0. The Hall–Kier alpha value is -1.11. The van der Waals surface area contributed by atoms with Gasteiger partial charge in [0.25, 0.3) is 0 Å². The van der Waals surface area contributed by atoms with Crippen LogP contribution >= 0.6 is 15.9 Å². The van der Waals surface area contributed by atoms with Crippen molar-refractivity contribution in [3.05, 3.63) is 29.3 Å². The van der Waals surface area contributed by atoms with E-state index < -0.39 is 18.2 Å². The zero-order valence-electron chi connectivity index (χ0n) is 9.97. The molecule has 6 heteroatoms. The number of hydrogen-bond acceptors (Lipinski definition) is 5. The predicted molar refractivity (Wildman–Crippen MR) is 71.6 cm³/mol. The van der Waals surface area contributed by atoms with Crippen LogP contribution in [0.15, 0.2) is 18.2 Å². The summed E-state index contributed by atoms with van der Waals surface area (Å²) in [7, 11) is 1.25. The number of carbonyl (C=O) groups is 1. The number of aliphatic hydroxyl groups excluding tert-OH is 2. The van der Waals surface area contributed by atoms with Crippen molar-refractivity contribution in [1.29, 1.82) is 0 Å². The van der Waals surface area contributed by atoms with E-state index in [0.717, 1.165) is 0 Å². The van der Waals surface area contributed by atoms with Gasteiger partial charge in [-0.2, -0.15) is 0 Å². The van der Waals surface area contributed by atoms with Crippen LogP contribution in [0.2, 0.25) is 0 Å². The van der Waals surface area contributed by atoms with E-state index in [9.17, 15) is 15.0 Å². The Kier molecular flexibility index (Phi) is 5.58. The van der Waals surface area contributed by atoms with Gasteiger partial charge in [0.2, 0.25) is 0 Å². The number of aliphatic hydroxyl groups is 2. The quantitative estimate of drug-likeness (QED) is 0.431. The Labute approximate surface area is 114 Å². The van der Waals surface area contributed by atoms with Gasteiger partial charge in [-0.05, 0) is 24.1 Å². The Morgan fingerprint density at radius 3 is 2.72 bits per heavy atom. The van der Waals surface area contributed by atoms with Crippen LogP contribution in [0.25, 0.3) is 0 Å². The third kappa shape index (κ3) is 3.44. The SMILES string of the molecule is COC(=O)c1cc(C(O)C(O)CCBr)ccc1N. The Morgan fingerprint density at radius 2 is 2.17 bits per heavy atom. The van der Waals surface area contributed by atoms with Crippen LogP contribution in [-0.2, 0) is 4.74 Å². The maximum atomic E-state index is 11.5. The molecular weight excluding hydrogens is 302 g/mol. The molecule has 0 radical (unpaired) electrons. The molecule has 0 aliphatic rings. The van der Waals surface area contributed by atoms with E-state index in [1.54, 1.807) is 6.07 Å². The van der Waals surface area contributed by atoms with Gasteiger partial charge in [0.1, 0.15) is 6.10 Å². The van der Waals surface area contributed by atoms with E-state index >= 15 is 0 Å². The zero-order valence-corrected chi connectivity index (χ0v) is 11.6. The first kappa shape index (κ1) is 14.9. The fraction of sp³-hybridized carbons (Fsp3) is 0.417. The van der Waals surface area contributed by atoms with E-state index in [1.165, 1.54) is 19.2 Å². The molecule has 1 aromatic carbocycles. The van der Waals surface area contributed by atoms with Crippen LogP contribution in [0.5, 0.6) is 0 Å². The number of nitrogens with two attached hydrogens (primary N) is 1. The minimum absolute atomic E-state index is 0.181. The number of halogens is 1. The fourth-order valence-corrected chi connectivity index (χ4v) is 2.01. The molecule has 0 heterocycles. The second-order valence-electron chi connectivity index (χ2n) is 3.83. The Morgan fingerprint density at radius 1 is 1.50 bits per heavy atom. The van der Waals surface area contributed by atoms with Crippen LogP contribution in [0.4, 0.5) is 5.69 Å². The minimum Gasteiger partial charge on any atom is -0.465 e. The first-order chi connectivity index (χ1) is 8.51. The van der Waals surface area contributed by atoms with Crippen molar-refractivity contribution in [2.75, 3.05) is 18.2 Å². The predicted octanol–water partition coefficient (Wildman–Crippen LogP) is 1.23. The third-order valence-electron chi connectivity index (χ3n) is 2.59. The second kappa shape index (κ2) is 6.72. The summed E-state index contributed by atoms with van der Waals surface area (Å²) < 4.78 is 4.59. The van der Waals surface area contributed by atoms with Gasteiger partial charge in [-0.15, -0.1) is 0 Å². The lowest BCUT2D eigenvalue weighted by Crippen LogP contribution is -2.19. The topological polar surface area (TPSA) is 92.8 Å². The van der Waals surface area contributed by atoms with E-state index in [2.05, 4.69) is 20.7 Å². The summed E-state index contributed by atoms with van der Waals surface area (Å²) in [6, 6.07) is 4.51. The van der Waals surface area contributed by atoms with Crippen molar-refractivity contribution in [2.24, 2.45) is 0 Å². The van der Waals surface area contributed by atoms with Crippen LogP contribution in [0.3, 0.4) is 0 Å². The molecule has 0 aliphatic heterocycles. The van der Waals surface area contributed by atoms with E-state index in [-0.39, 0.29) is 11.3 Å². The maximum Gasteiger partial charge on any atom is 0.339 e. The molecule has 0 aromatic heterocycles. The first-order valence-electron chi connectivity index (χ1n) is 5.41. The van der Waals surface area contributed by atoms with Crippen LogP contribution in [-0.4, -0.2) is 34.7 Å². The molecule has 0 spiro atoms. The summed E-state index contributed by atoms with van der Waals surface area (Å²) in [6.07, 6.45) is -1.57. The average Bonchev–Trinajstić information content (AvgIpc) is 2.38. The van der Waals surface area contributed by atoms with Crippen molar-refractivity contribution < 1.29 is 19.7 Å². The molecule has 18 heavy (non-hydrogen) atoms. The number of benzene rings is 1. The van der Waals surface area contributed by atoms with Gasteiger partial charge in [0.05, 0.1) is 18.8 Å². The summed E-state index contributed by atoms with van der Waals surface area (Å²) in [5.74, 6) is -0.573. The van der Waals surface area contributed by atoms with Crippen molar-refractivity contribution in [3.63, 3.8) is 0 Å². The molecular formula is C12H16BrNO4. The third-order valence-corrected chi connectivity index (χ3v) is 3.05. The van der Waals surface area contributed by atoms with Gasteiger partial charge in [0.15, 0.2) is 0 Å². The summed E-state index contributed by atoms with van der Waals surface area (Å²) in [5, 5.41) is 20.2. The highest BCUT2D eigenvalue weighted by atomic mass is 79.9. The van der Waals surface area contributed by atoms with Gasteiger partial charge in [-0.3, -0.25) is 0 Å². The van der Waals surface area contributed by atoms with Crippen molar-refractivity contribution in [3.8, 4) is 0 Å². The lowest BCUT2D eigenvalue weighted by Gasteiger charge is -2.18. The van der Waals surface area contributed by atoms with Crippen molar-refractivity contribution >= 4 is 27.6 Å². The van der Waals surface area contributed by atoms with E-state index in [0.29, 0.717) is 17.3 Å².